The summed E-state index contributed by atoms with van der Waals surface area (Å²) in [5.74, 6) is -0.575. The van der Waals surface area contributed by atoms with Crippen LogP contribution < -0.4 is 5.32 Å². The van der Waals surface area contributed by atoms with Crippen LogP contribution in [-0.2, 0) is 11.0 Å². The monoisotopic (exact) mass is 425 g/mol. The number of nitrogens with zero attached hydrogens (tertiary/aromatic N) is 2. The van der Waals surface area contributed by atoms with Gasteiger partial charge in [-0.1, -0.05) is 39.3 Å². The van der Waals surface area contributed by atoms with Gasteiger partial charge in [0.05, 0.1) is 16.5 Å². The molecule has 2 aromatic rings. The molecule has 23 heavy (non-hydrogen) atoms. The van der Waals surface area contributed by atoms with Gasteiger partial charge in [-0.2, -0.15) is 13.2 Å². The lowest BCUT2D eigenvalue weighted by molar-refractivity contribution is -0.141. The number of benzene rings is 1. The van der Waals surface area contributed by atoms with Gasteiger partial charge in [-0.15, -0.1) is 0 Å². The second-order valence-corrected chi connectivity index (χ2v) is 6.45. The minimum atomic E-state index is -4.55. The van der Waals surface area contributed by atoms with E-state index in [-0.39, 0.29) is 10.9 Å². The molecule has 0 saturated carbocycles. The van der Waals surface area contributed by atoms with Crippen molar-refractivity contribution in [3.8, 4) is 0 Å². The molecule has 122 valence electrons. The lowest BCUT2D eigenvalue weighted by Crippen LogP contribution is -2.15. The predicted octanol–water partition coefficient (Wildman–Crippen LogP) is 4.64. The summed E-state index contributed by atoms with van der Waals surface area (Å²) in [4.78, 5) is 18.9. The summed E-state index contributed by atoms with van der Waals surface area (Å²) >= 11 is 10.00. The molecule has 1 amide bonds. The Morgan fingerprint density at radius 2 is 2.09 bits per heavy atom. The van der Waals surface area contributed by atoms with E-state index in [9.17, 15) is 18.0 Å². The normalized spacial score (nSPS) is 11.3. The Balaban J connectivity index is 1.97. The van der Waals surface area contributed by atoms with E-state index in [0.29, 0.717) is 10.7 Å². The molecule has 10 heteroatoms. The third kappa shape index (κ3) is 5.36. The molecule has 0 radical (unpaired) electrons. The van der Waals surface area contributed by atoms with E-state index in [1.165, 1.54) is 0 Å². The first-order valence-corrected chi connectivity index (χ1v) is 8.19. The van der Waals surface area contributed by atoms with Crippen LogP contribution in [0.2, 0.25) is 5.02 Å². The fourth-order valence-corrected chi connectivity index (χ4v) is 2.83. The lowest BCUT2D eigenvalue weighted by atomic mass is 10.3. The fourth-order valence-electron chi connectivity index (χ4n) is 1.48. The molecule has 2 rings (SSSR count). The van der Waals surface area contributed by atoms with Crippen molar-refractivity contribution in [3.63, 3.8) is 0 Å². The van der Waals surface area contributed by atoms with Gasteiger partial charge in [-0.3, -0.25) is 4.79 Å². The number of carbonyl (C=O) groups is 1. The average Bonchev–Trinajstić information content (AvgIpc) is 2.47. The maximum absolute atomic E-state index is 12.5. The largest absolute Gasteiger partial charge is 0.433 e. The van der Waals surface area contributed by atoms with Crippen LogP contribution in [0.25, 0.3) is 0 Å². The molecule has 1 aromatic carbocycles. The zero-order chi connectivity index (χ0) is 17.0. The fraction of sp³-hybridized carbons (Fsp3) is 0.154. The van der Waals surface area contributed by atoms with Gasteiger partial charge in [-0.25, -0.2) is 9.97 Å². The van der Waals surface area contributed by atoms with Crippen molar-refractivity contribution in [1.29, 1.82) is 0 Å². The molecule has 0 unspecified atom stereocenters. The van der Waals surface area contributed by atoms with E-state index >= 15 is 0 Å². The maximum Gasteiger partial charge on any atom is 0.433 e. The number of alkyl halides is 3. The van der Waals surface area contributed by atoms with Crippen molar-refractivity contribution >= 4 is 50.9 Å². The molecule has 0 atom stereocenters. The number of amides is 1. The molecule has 1 N–H and O–H groups in total. The SMILES string of the molecule is O=C(CSc1nccc(C(F)(F)F)n1)Nc1ccc(Br)cc1Cl. The smallest absolute Gasteiger partial charge is 0.324 e. The van der Waals surface area contributed by atoms with Gasteiger partial charge in [0.15, 0.2) is 5.16 Å². The van der Waals surface area contributed by atoms with Gasteiger partial charge >= 0.3 is 6.18 Å². The van der Waals surface area contributed by atoms with Gasteiger partial charge < -0.3 is 5.32 Å². The zero-order valence-electron chi connectivity index (χ0n) is 11.2. The maximum atomic E-state index is 12.5. The summed E-state index contributed by atoms with van der Waals surface area (Å²) in [5, 5.41) is 2.78. The van der Waals surface area contributed by atoms with Crippen LogP contribution in [-0.4, -0.2) is 21.6 Å². The van der Waals surface area contributed by atoms with Crippen molar-refractivity contribution in [2.24, 2.45) is 0 Å². The molecule has 1 aromatic heterocycles. The summed E-state index contributed by atoms with van der Waals surface area (Å²) < 4.78 is 38.4. The van der Waals surface area contributed by atoms with Crippen LogP contribution in [0, 0.1) is 0 Å². The number of aromatic nitrogens is 2. The van der Waals surface area contributed by atoms with E-state index in [0.717, 1.165) is 28.5 Å². The molecule has 4 nitrogen and oxygen atoms in total. The number of hydrogen-bond donors (Lipinski definition) is 1. The molecule has 0 saturated heterocycles. The topological polar surface area (TPSA) is 54.9 Å². The van der Waals surface area contributed by atoms with Crippen molar-refractivity contribution in [2.75, 3.05) is 11.1 Å². The standard InChI is InChI=1S/C13H8BrClF3N3OS/c14-7-1-2-9(8(15)5-7)20-11(22)6-23-12-19-4-3-10(21-12)13(16,17)18/h1-5H,6H2,(H,20,22). The molecule has 0 fully saturated rings. The Labute approximate surface area is 147 Å². The molecule has 0 spiro atoms. The first-order valence-electron chi connectivity index (χ1n) is 6.03. The minimum Gasteiger partial charge on any atom is -0.324 e. The van der Waals surface area contributed by atoms with Crippen LogP contribution in [0.5, 0.6) is 0 Å². The molecule has 1 heterocycles. The predicted molar refractivity (Wildman–Crippen MR) is 85.5 cm³/mol. The first-order chi connectivity index (χ1) is 10.8. The van der Waals surface area contributed by atoms with Crippen molar-refractivity contribution in [1.82, 2.24) is 9.97 Å². The van der Waals surface area contributed by atoms with E-state index in [1.807, 2.05) is 0 Å². The third-order valence-corrected chi connectivity index (χ3v) is 4.13. The van der Waals surface area contributed by atoms with Gasteiger partial charge in [0.1, 0.15) is 5.69 Å². The number of anilines is 1. The van der Waals surface area contributed by atoms with Crippen LogP contribution in [0.15, 0.2) is 40.1 Å². The number of hydrogen-bond acceptors (Lipinski definition) is 4. The van der Waals surface area contributed by atoms with Gasteiger partial charge in [-0.05, 0) is 24.3 Å². The first kappa shape index (κ1) is 18.0. The van der Waals surface area contributed by atoms with Crippen LogP contribution in [0.3, 0.4) is 0 Å². The van der Waals surface area contributed by atoms with Crippen molar-refractivity contribution in [2.45, 2.75) is 11.3 Å². The molecule has 0 bridgehead atoms. The van der Waals surface area contributed by atoms with E-state index in [4.69, 9.17) is 11.6 Å². The second-order valence-electron chi connectivity index (χ2n) is 4.18. The highest BCUT2D eigenvalue weighted by Gasteiger charge is 2.32. The van der Waals surface area contributed by atoms with Crippen LogP contribution in [0.1, 0.15) is 5.69 Å². The quantitative estimate of drug-likeness (QED) is 0.571. The highest BCUT2D eigenvalue weighted by Crippen LogP contribution is 2.29. The van der Waals surface area contributed by atoms with Crippen LogP contribution >= 0.6 is 39.3 Å². The summed E-state index contributed by atoms with van der Waals surface area (Å²) in [6, 6.07) is 5.69. The van der Waals surface area contributed by atoms with Crippen LogP contribution in [0.4, 0.5) is 18.9 Å². The summed E-state index contributed by atoms with van der Waals surface area (Å²) in [7, 11) is 0. The second kappa shape index (κ2) is 7.50. The molecule has 0 aliphatic carbocycles. The Hall–Kier alpha value is -1.32. The van der Waals surface area contributed by atoms with E-state index in [2.05, 4.69) is 31.2 Å². The Bertz CT molecular complexity index is 730. The van der Waals surface area contributed by atoms with E-state index in [1.54, 1.807) is 18.2 Å². The summed E-state index contributed by atoms with van der Waals surface area (Å²) in [5.41, 5.74) is -0.642. The number of nitrogens with one attached hydrogen (secondary N) is 1. The number of thioether (sulfide) groups is 1. The number of halogens is 5. The summed E-state index contributed by atoms with van der Waals surface area (Å²) in [6.07, 6.45) is -3.55. The average molecular weight is 427 g/mol. The summed E-state index contributed by atoms with van der Waals surface area (Å²) in [6.45, 7) is 0. The highest BCUT2D eigenvalue weighted by atomic mass is 79.9. The Kier molecular flexibility index (Phi) is 5.88. The highest BCUT2D eigenvalue weighted by molar-refractivity contribution is 9.10. The van der Waals surface area contributed by atoms with Gasteiger partial charge in [0.25, 0.3) is 0 Å². The van der Waals surface area contributed by atoms with Crippen molar-refractivity contribution in [3.05, 3.63) is 45.7 Å². The number of rotatable bonds is 4. The third-order valence-electron chi connectivity index (χ3n) is 2.46. The zero-order valence-corrected chi connectivity index (χ0v) is 14.4. The molecule has 0 aliphatic heterocycles. The van der Waals surface area contributed by atoms with E-state index < -0.39 is 17.8 Å². The minimum absolute atomic E-state index is 0.128. The van der Waals surface area contributed by atoms with Gasteiger partial charge in [0, 0.05) is 10.7 Å². The van der Waals surface area contributed by atoms with Gasteiger partial charge in [0.2, 0.25) is 5.91 Å². The van der Waals surface area contributed by atoms with Crippen molar-refractivity contribution < 1.29 is 18.0 Å². The molecular formula is C13H8BrClF3N3OS. The Morgan fingerprint density at radius 3 is 2.74 bits per heavy atom. The molecule has 0 aliphatic rings. The Morgan fingerprint density at radius 1 is 1.35 bits per heavy atom. The lowest BCUT2D eigenvalue weighted by Gasteiger charge is -2.08. The molecular weight excluding hydrogens is 419 g/mol. The number of carbonyl (C=O) groups excluding carboxylic acids is 1.